The molecule has 0 bridgehead atoms. The molecule has 1 aromatic rings. The number of carbonyl (C=O) groups is 2. The summed E-state index contributed by atoms with van der Waals surface area (Å²) in [6, 6.07) is 0. The van der Waals surface area contributed by atoms with Gasteiger partial charge < -0.3 is 10.4 Å². The number of amides is 1. The maximum absolute atomic E-state index is 11.5. The highest BCUT2D eigenvalue weighted by molar-refractivity contribution is 7.98. The second-order valence-electron chi connectivity index (χ2n) is 2.95. The summed E-state index contributed by atoms with van der Waals surface area (Å²) < 4.78 is 0. The largest absolute Gasteiger partial charge is 0.476 e. The van der Waals surface area contributed by atoms with Crippen molar-refractivity contribution in [3.05, 3.63) is 16.1 Å². The van der Waals surface area contributed by atoms with Crippen molar-refractivity contribution >= 4 is 35.0 Å². The molecule has 0 aromatic carbocycles. The van der Waals surface area contributed by atoms with Crippen LogP contribution in [-0.2, 0) is 0 Å². The van der Waals surface area contributed by atoms with Crippen LogP contribution in [0.2, 0.25) is 0 Å². The van der Waals surface area contributed by atoms with Gasteiger partial charge in [0.1, 0.15) is 0 Å². The third kappa shape index (κ3) is 3.82. The number of thioether (sulfide) groups is 1. The molecule has 0 spiro atoms. The van der Waals surface area contributed by atoms with E-state index in [4.69, 9.17) is 5.11 Å². The fourth-order valence-electron chi connectivity index (χ4n) is 0.970. The number of rotatable bonds is 6. The summed E-state index contributed by atoms with van der Waals surface area (Å²) in [5.41, 5.74) is -0.0840. The summed E-state index contributed by atoms with van der Waals surface area (Å²) in [5, 5.41) is 12.9. The van der Waals surface area contributed by atoms with Crippen molar-refractivity contribution in [2.24, 2.45) is 0 Å². The first-order valence-corrected chi connectivity index (χ1v) is 6.88. The number of thiazole rings is 1. The zero-order valence-corrected chi connectivity index (χ0v) is 10.4. The quantitative estimate of drug-likeness (QED) is 0.754. The van der Waals surface area contributed by atoms with Gasteiger partial charge in [0.05, 0.1) is 0 Å². The predicted octanol–water partition coefficient (Wildman–Crippen LogP) is 1.32. The summed E-state index contributed by atoms with van der Waals surface area (Å²) in [6.45, 7) is 0.585. The molecule has 88 valence electrons. The van der Waals surface area contributed by atoms with Crippen molar-refractivity contribution in [3.63, 3.8) is 0 Å². The van der Waals surface area contributed by atoms with Crippen molar-refractivity contribution < 1.29 is 14.7 Å². The van der Waals surface area contributed by atoms with Crippen LogP contribution < -0.4 is 5.32 Å². The van der Waals surface area contributed by atoms with Gasteiger partial charge >= 0.3 is 5.97 Å². The van der Waals surface area contributed by atoms with Crippen LogP contribution in [0.1, 0.15) is 26.7 Å². The minimum absolute atomic E-state index is 0.0840. The van der Waals surface area contributed by atoms with Gasteiger partial charge in [0, 0.05) is 11.9 Å². The van der Waals surface area contributed by atoms with Gasteiger partial charge in [-0.2, -0.15) is 11.8 Å². The van der Waals surface area contributed by atoms with E-state index in [1.807, 2.05) is 6.26 Å². The summed E-state index contributed by atoms with van der Waals surface area (Å²) in [4.78, 5) is 25.7. The van der Waals surface area contributed by atoms with Gasteiger partial charge in [0.25, 0.3) is 5.91 Å². The summed E-state index contributed by atoms with van der Waals surface area (Å²) in [5.74, 6) is -0.435. The van der Waals surface area contributed by atoms with E-state index in [0.29, 0.717) is 6.54 Å². The average Bonchev–Trinajstić information content (AvgIpc) is 2.73. The summed E-state index contributed by atoms with van der Waals surface area (Å²) in [7, 11) is 0. The van der Waals surface area contributed by atoms with Crippen LogP contribution in [0.5, 0.6) is 0 Å². The molecule has 0 aliphatic rings. The molecule has 1 rings (SSSR count). The Labute approximate surface area is 101 Å². The lowest BCUT2D eigenvalue weighted by molar-refractivity contribution is 0.0691. The number of nitrogens with zero attached hydrogens (tertiary/aromatic N) is 1. The molecule has 1 aromatic heterocycles. The normalized spacial score (nSPS) is 10.1. The van der Waals surface area contributed by atoms with Crippen molar-refractivity contribution in [2.45, 2.75) is 6.42 Å². The molecule has 1 amide bonds. The predicted molar refractivity (Wildman–Crippen MR) is 64.4 cm³/mol. The van der Waals surface area contributed by atoms with Crippen LogP contribution in [0.15, 0.2) is 5.38 Å². The molecule has 0 saturated heterocycles. The van der Waals surface area contributed by atoms with Crippen LogP contribution in [0.4, 0.5) is 0 Å². The van der Waals surface area contributed by atoms with Crippen molar-refractivity contribution in [3.8, 4) is 0 Å². The summed E-state index contributed by atoms with van der Waals surface area (Å²) in [6.07, 6.45) is 2.89. The number of hydrogen-bond acceptors (Lipinski definition) is 5. The Balaban J connectivity index is 2.43. The molecule has 7 heteroatoms. The number of aromatic nitrogens is 1. The lowest BCUT2D eigenvalue weighted by Gasteiger charge is -2.00. The Bertz CT molecular complexity index is 379. The SMILES string of the molecule is CSCCCNC(=O)c1nc(C(=O)O)cs1. The van der Waals surface area contributed by atoms with Crippen LogP contribution in [0.3, 0.4) is 0 Å². The second kappa shape index (κ2) is 6.49. The van der Waals surface area contributed by atoms with E-state index in [2.05, 4.69) is 10.3 Å². The van der Waals surface area contributed by atoms with Gasteiger partial charge in [0.2, 0.25) is 0 Å². The molecule has 5 nitrogen and oxygen atoms in total. The topological polar surface area (TPSA) is 79.3 Å². The Hall–Kier alpha value is -1.08. The highest BCUT2D eigenvalue weighted by Crippen LogP contribution is 2.09. The van der Waals surface area contributed by atoms with Crippen molar-refractivity contribution in [1.29, 1.82) is 0 Å². The Morgan fingerprint density at radius 1 is 1.62 bits per heavy atom. The molecule has 0 aliphatic heterocycles. The maximum Gasteiger partial charge on any atom is 0.355 e. The second-order valence-corrected chi connectivity index (χ2v) is 4.79. The lowest BCUT2D eigenvalue weighted by atomic mass is 10.4. The monoisotopic (exact) mass is 260 g/mol. The van der Waals surface area contributed by atoms with E-state index < -0.39 is 5.97 Å². The number of aromatic carboxylic acids is 1. The zero-order chi connectivity index (χ0) is 12.0. The highest BCUT2D eigenvalue weighted by Gasteiger charge is 2.13. The number of hydrogen-bond donors (Lipinski definition) is 2. The Morgan fingerprint density at radius 2 is 2.38 bits per heavy atom. The van der Waals surface area contributed by atoms with Crippen molar-refractivity contribution in [1.82, 2.24) is 10.3 Å². The molecule has 0 radical (unpaired) electrons. The van der Waals surface area contributed by atoms with E-state index in [-0.39, 0.29) is 16.6 Å². The fourth-order valence-corrected chi connectivity index (χ4v) is 2.11. The Kier molecular flexibility index (Phi) is 5.27. The van der Waals surface area contributed by atoms with Crippen molar-refractivity contribution in [2.75, 3.05) is 18.6 Å². The van der Waals surface area contributed by atoms with E-state index in [9.17, 15) is 9.59 Å². The van der Waals surface area contributed by atoms with Gasteiger partial charge in [0.15, 0.2) is 10.7 Å². The van der Waals surface area contributed by atoms with Gasteiger partial charge in [-0.1, -0.05) is 0 Å². The minimum Gasteiger partial charge on any atom is -0.476 e. The van der Waals surface area contributed by atoms with Crippen LogP contribution >= 0.6 is 23.1 Å². The van der Waals surface area contributed by atoms with E-state index >= 15 is 0 Å². The summed E-state index contributed by atoms with van der Waals surface area (Å²) >= 11 is 2.76. The van der Waals surface area contributed by atoms with E-state index in [1.54, 1.807) is 11.8 Å². The number of carboxylic acids is 1. The van der Waals surface area contributed by atoms with Crippen LogP contribution in [-0.4, -0.2) is 40.5 Å². The zero-order valence-electron chi connectivity index (χ0n) is 8.73. The van der Waals surface area contributed by atoms with Gasteiger partial charge in [-0.25, -0.2) is 9.78 Å². The number of nitrogens with one attached hydrogen (secondary N) is 1. The third-order valence-electron chi connectivity index (χ3n) is 1.73. The van der Waals surface area contributed by atoms with Crippen LogP contribution in [0, 0.1) is 0 Å². The standard InChI is InChI=1S/C9H12N2O3S2/c1-15-4-2-3-10-7(12)8-11-6(5-16-8)9(13)14/h5H,2-4H2,1H3,(H,10,12)(H,13,14). The molecule has 0 fully saturated rings. The number of carboxylic acid groups (broad SMARTS) is 1. The molecule has 0 unspecified atom stereocenters. The van der Waals surface area contributed by atoms with Gasteiger partial charge in [-0.15, -0.1) is 11.3 Å². The minimum atomic E-state index is -1.11. The van der Waals surface area contributed by atoms with Gasteiger partial charge in [-0.3, -0.25) is 4.79 Å². The molecule has 16 heavy (non-hydrogen) atoms. The average molecular weight is 260 g/mol. The first-order chi connectivity index (χ1) is 7.65. The molecule has 0 saturated carbocycles. The smallest absolute Gasteiger partial charge is 0.355 e. The fraction of sp³-hybridized carbons (Fsp3) is 0.444. The maximum atomic E-state index is 11.5. The Morgan fingerprint density at radius 3 is 2.94 bits per heavy atom. The molecule has 0 aliphatic carbocycles. The molecular formula is C9H12N2O3S2. The van der Waals surface area contributed by atoms with Gasteiger partial charge in [-0.05, 0) is 18.4 Å². The molecule has 0 atom stereocenters. The molecule has 1 heterocycles. The highest BCUT2D eigenvalue weighted by atomic mass is 32.2. The number of carbonyl (C=O) groups excluding carboxylic acids is 1. The third-order valence-corrected chi connectivity index (χ3v) is 3.27. The lowest BCUT2D eigenvalue weighted by Crippen LogP contribution is -2.24. The first kappa shape index (κ1) is 13.0. The van der Waals surface area contributed by atoms with E-state index in [0.717, 1.165) is 23.5 Å². The van der Waals surface area contributed by atoms with E-state index in [1.165, 1.54) is 5.38 Å². The molecule has 2 N–H and O–H groups in total. The van der Waals surface area contributed by atoms with Crippen LogP contribution in [0.25, 0.3) is 0 Å². The first-order valence-electron chi connectivity index (χ1n) is 4.61. The molecular weight excluding hydrogens is 248 g/mol.